The van der Waals surface area contributed by atoms with Crippen molar-refractivity contribution in [2.24, 2.45) is 0 Å². The molecule has 0 radical (unpaired) electrons. The van der Waals surface area contributed by atoms with Gasteiger partial charge in [-0.05, 0) is 142 Å². The summed E-state index contributed by atoms with van der Waals surface area (Å²) < 4.78 is 0. The van der Waals surface area contributed by atoms with E-state index in [1.54, 1.807) is 0 Å². The quantitative estimate of drug-likeness (QED) is 0.156. The molecule has 0 heterocycles. The normalized spacial score (nSPS) is 11.7. The Kier molecular flexibility index (Phi) is 9.32. The van der Waals surface area contributed by atoms with Gasteiger partial charge in [-0.15, -0.1) is 0 Å². The van der Waals surface area contributed by atoms with Crippen LogP contribution >= 0.6 is 0 Å². The van der Waals surface area contributed by atoms with E-state index in [-0.39, 0.29) is 0 Å². The zero-order valence-electron chi connectivity index (χ0n) is 38.4. The van der Waals surface area contributed by atoms with Crippen molar-refractivity contribution >= 4 is 75.4 Å². The van der Waals surface area contributed by atoms with Gasteiger partial charge in [0.25, 0.3) is 0 Å². The maximum atomic E-state index is 2.38. The van der Waals surface area contributed by atoms with E-state index in [2.05, 4.69) is 267 Å². The van der Waals surface area contributed by atoms with Crippen molar-refractivity contribution in [2.75, 3.05) is 0 Å². The molecular formula is C70H44. The van der Waals surface area contributed by atoms with E-state index in [1.807, 2.05) is 0 Å². The van der Waals surface area contributed by atoms with Crippen molar-refractivity contribution in [2.45, 2.75) is 0 Å². The average Bonchev–Trinajstić information content (AvgIpc) is 3.43. The Bertz CT molecular complexity index is 3940. The van der Waals surface area contributed by atoms with E-state index in [4.69, 9.17) is 0 Å². The highest BCUT2D eigenvalue weighted by Crippen LogP contribution is 2.48. The van der Waals surface area contributed by atoms with Crippen molar-refractivity contribution in [3.63, 3.8) is 0 Å². The second-order valence-corrected chi connectivity index (χ2v) is 18.6. The smallest absolute Gasteiger partial charge is 0.00201 e. The number of rotatable bonds is 6. The van der Waals surface area contributed by atoms with Crippen LogP contribution in [0.1, 0.15) is 0 Å². The lowest BCUT2D eigenvalue weighted by atomic mass is 9.83. The van der Waals surface area contributed by atoms with Crippen molar-refractivity contribution in [3.05, 3.63) is 267 Å². The molecule has 0 bridgehead atoms. The Balaban J connectivity index is 1.03. The fourth-order valence-corrected chi connectivity index (χ4v) is 11.8. The van der Waals surface area contributed by atoms with Crippen molar-refractivity contribution in [3.8, 4) is 66.8 Å². The highest BCUT2D eigenvalue weighted by atomic mass is 14.2. The molecule has 0 amide bonds. The molecule has 0 fully saturated rings. The first-order valence-electron chi connectivity index (χ1n) is 24.3. The molecule has 0 aliphatic carbocycles. The molecule has 0 spiro atoms. The van der Waals surface area contributed by atoms with Gasteiger partial charge in [0.2, 0.25) is 0 Å². The third kappa shape index (κ3) is 6.31. The van der Waals surface area contributed by atoms with E-state index < -0.39 is 0 Å². The van der Waals surface area contributed by atoms with Crippen LogP contribution < -0.4 is 0 Å². The minimum atomic E-state index is 1.22. The lowest BCUT2D eigenvalue weighted by Crippen LogP contribution is -1.93. The molecule has 0 saturated heterocycles. The third-order valence-corrected chi connectivity index (χ3v) is 14.9. The molecule has 70 heavy (non-hydrogen) atoms. The van der Waals surface area contributed by atoms with E-state index in [9.17, 15) is 0 Å². The van der Waals surface area contributed by atoms with Crippen LogP contribution in [0.4, 0.5) is 0 Å². The minimum absolute atomic E-state index is 1.22. The number of fused-ring (bicyclic) bond motifs is 7. The van der Waals surface area contributed by atoms with Crippen LogP contribution in [0.25, 0.3) is 142 Å². The predicted octanol–water partition coefficient (Wildman–Crippen LogP) is 19.8. The van der Waals surface area contributed by atoms with Crippen molar-refractivity contribution in [1.82, 2.24) is 0 Å². The second-order valence-electron chi connectivity index (χ2n) is 18.6. The van der Waals surface area contributed by atoms with Gasteiger partial charge in [-0.25, -0.2) is 0 Å². The maximum Gasteiger partial charge on any atom is -0.00201 e. The third-order valence-electron chi connectivity index (χ3n) is 14.9. The summed E-state index contributed by atoms with van der Waals surface area (Å²) in [7, 11) is 0. The van der Waals surface area contributed by atoms with Crippen LogP contribution in [0.3, 0.4) is 0 Å². The van der Waals surface area contributed by atoms with Crippen LogP contribution in [0.2, 0.25) is 0 Å². The molecular weight excluding hydrogens is 841 g/mol. The van der Waals surface area contributed by atoms with Crippen LogP contribution in [0.5, 0.6) is 0 Å². The van der Waals surface area contributed by atoms with Crippen LogP contribution in [-0.4, -0.2) is 0 Å². The Morgan fingerprint density at radius 3 is 0.629 bits per heavy atom. The molecule has 0 aliphatic heterocycles. The van der Waals surface area contributed by atoms with Crippen LogP contribution in [0, 0.1) is 0 Å². The van der Waals surface area contributed by atoms with E-state index >= 15 is 0 Å². The van der Waals surface area contributed by atoms with E-state index in [0.717, 1.165) is 0 Å². The fraction of sp³-hybridized carbons (Fsp3) is 0. The molecule has 0 heteroatoms. The summed E-state index contributed by atoms with van der Waals surface area (Å²) in [4.78, 5) is 0. The SMILES string of the molecule is c1ccc2c(-c3cccc4c(-c5cccc6c(-c7ccc(-c8cccc9ccccc89)c8c(-c9cccc%10ccccc9%10)cccc78)cccc56)ccc(-c5cccc6ccccc56)c34)cccc2c1. The van der Waals surface area contributed by atoms with Gasteiger partial charge in [0.15, 0.2) is 0 Å². The van der Waals surface area contributed by atoms with Gasteiger partial charge in [0.1, 0.15) is 0 Å². The monoisotopic (exact) mass is 884 g/mol. The van der Waals surface area contributed by atoms with Crippen molar-refractivity contribution in [1.29, 1.82) is 0 Å². The summed E-state index contributed by atoms with van der Waals surface area (Å²) in [6.45, 7) is 0. The Hall–Kier alpha value is -9.10. The largest absolute Gasteiger partial charge is 0.0616 e. The average molecular weight is 885 g/mol. The highest BCUT2D eigenvalue weighted by Gasteiger charge is 2.21. The molecule has 14 aromatic rings. The predicted molar refractivity (Wildman–Crippen MR) is 302 cm³/mol. The summed E-state index contributed by atoms with van der Waals surface area (Å²) in [5, 5.41) is 17.4. The molecule has 14 rings (SSSR count). The summed E-state index contributed by atoms with van der Waals surface area (Å²) in [5.74, 6) is 0. The molecule has 324 valence electrons. The van der Waals surface area contributed by atoms with Gasteiger partial charge in [0, 0.05) is 0 Å². The minimum Gasteiger partial charge on any atom is -0.0616 e. The number of hydrogen-bond donors (Lipinski definition) is 0. The van der Waals surface area contributed by atoms with Gasteiger partial charge in [0.05, 0.1) is 0 Å². The summed E-state index contributed by atoms with van der Waals surface area (Å²) in [6, 6.07) is 99.1. The number of benzene rings is 14. The first kappa shape index (κ1) is 40.0. The Morgan fingerprint density at radius 2 is 0.300 bits per heavy atom. The van der Waals surface area contributed by atoms with Gasteiger partial charge in [-0.2, -0.15) is 0 Å². The lowest BCUT2D eigenvalue weighted by Gasteiger charge is -2.20. The van der Waals surface area contributed by atoms with Crippen LogP contribution in [0.15, 0.2) is 267 Å². The second kappa shape index (κ2) is 16.3. The molecule has 0 atom stereocenters. The molecule has 0 unspecified atom stereocenters. The molecule has 0 aliphatic rings. The fourth-order valence-electron chi connectivity index (χ4n) is 11.8. The van der Waals surface area contributed by atoms with Crippen LogP contribution in [-0.2, 0) is 0 Å². The summed E-state index contributed by atoms with van der Waals surface area (Å²) in [5.41, 5.74) is 14.8. The highest BCUT2D eigenvalue weighted by molar-refractivity contribution is 6.22. The van der Waals surface area contributed by atoms with Gasteiger partial charge < -0.3 is 0 Å². The molecule has 14 aromatic carbocycles. The molecule has 0 aromatic heterocycles. The topological polar surface area (TPSA) is 0 Å². The molecule has 0 nitrogen and oxygen atoms in total. The summed E-state index contributed by atoms with van der Waals surface area (Å²) in [6.07, 6.45) is 0. The number of hydrogen-bond acceptors (Lipinski definition) is 0. The maximum absolute atomic E-state index is 2.38. The standard InChI is InChI=1S/C70H44/c1-5-25-49-45(17-1)21-9-29-53(49)63-37-15-39-65-61(41-43-67(69(63)65)55-31-11-23-47-19-3-7-27-51(47)55)59-35-13-34-58-57(59)33-14-36-60(58)62-42-44-68(56-32-12-24-48-20-4-8-28-52(48)56)70-64(38-16-40-66(62)70)54-30-10-22-46-18-2-6-26-50(46)54/h1-44H. The first-order chi connectivity index (χ1) is 34.8. The zero-order valence-corrected chi connectivity index (χ0v) is 38.4. The summed E-state index contributed by atoms with van der Waals surface area (Å²) >= 11 is 0. The zero-order chi connectivity index (χ0) is 46.1. The molecule has 0 saturated carbocycles. The lowest BCUT2D eigenvalue weighted by molar-refractivity contribution is 1.63. The van der Waals surface area contributed by atoms with E-state index in [0.29, 0.717) is 0 Å². The Labute approximate surface area is 407 Å². The first-order valence-corrected chi connectivity index (χ1v) is 24.3. The van der Waals surface area contributed by atoms with Gasteiger partial charge in [-0.1, -0.05) is 267 Å². The Morgan fingerprint density at radius 1 is 0.114 bits per heavy atom. The van der Waals surface area contributed by atoms with E-state index in [1.165, 1.54) is 142 Å². The molecule has 0 N–H and O–H groups in total. The van der Waals surface area contributed by atoms with Gasteiger partial charge in [-0.3, -0.25) is 0 Å². The van der Waals surface area contributed by atoms with Crippen molar-refractivity contribution < 1.29 is 0 Å². The van der Waals surface area contributed by atoms with Gasteiger partial charge >= 0.3 is 0 Å².